The minimum Gasteiger partial charge on any atom is -1.00 e. The molecule has 1 unspecified atom stereocenters. The molecule has 0 saturated heterocycles. The van der Waals surface area contributed by atoms with E-state index in [2.05, 4.69) is 0 Å². The van der Waals surface area contributed by atoms with Crippen molar-refractivity contribution in [2.75, 3.05) is 0 Å². The van der Waals surface area contributed by atoms with Crippen molar-refractivity contribution in [3.05, 3.63) is 0 Å². The number of carboxylic acid groups (broad SMARTS) is 1. The smallest absolute Gasteiger partial charge is 1.00 e. The van der Waals surface area contributed by atoms with E-state index in [0.717, 1.165) is 0 Å². The third-order valence-electron chi connectivity index (χ3n) is 1.80. The van der Waals surface area contributed by atoms with Gasteiger partial charge in [0.25, 0.3) is 6.36 Å². The Bertz CT molecular complexity index is 455. The maximum Gasteiger partial charge on any atom is 1.00 e. The standard InChI is InChI=1S/C7H2F12O4.Na.H/c8-1(3(9,10)2(20)21)22-5(13,14)4(11,12)6(15,16)23-7(17,18)19;;/h1H,(H,20,21);;/q;+1;-1. The fourth-order valence-electron chi connectivity index (χ4n) is 0.754. The van der Waals surface area contributed by atoms with Crippen molar-refractivity contribution in [3.63, 3.8) is 0 Å². The molecule has 0 aliphatic heterocycles. The van der Waals surface area contributed by atoms with Crippen LogP contribution in [-0.2, 0) is 14.3 Å². The minimum absolute atomic E-state index is 0. The molecule has 0 aliphatic rings. The van der Waals surface area contributed by atoms with E-state index in [-0.39, 0.29) is 31.0 Å². The number of hydrogen-bond donors (Lipinski definition) is 1. The Morgan fingerprint density at radius 3 is 1.54 bits per heavy atom. The molecule has 140 valence electrons. The molecule has 0 spiro atoms. The molecule has 0 heterocycles. The summed E-state index contributed by atoms with van der Waals surface area (Å²) in [7, 11) is 0. The average Bonchev–Trinajstić information content (AvgIpc) is 2.23. The Morgan fingerprint density at radius 1 is 0.875 bits per heavy atom. The number of hydrogen-bond acceptors (Lipinski definition) is 3. The van der Waals surface area contributed by atoms with Gasteiger partial charge in [-0.15, -0.1) is 13.2 Å². The molecule has 24 heavy (non-hydrogen) atoms. The first-order valence-electron chi connectivity index (χ1n) is 4.61. The van der Waals surface area contributed by atoms with E-state index in [1.54, 1.807) is 0 Å². The number of carboxylic acids is 1. The first-order valence-corrected chi connectivity index (χ1v) is 4.61. The van der Waals surface area contributed by atoms with E-state index in [4.69, 9.17) is 5.11 Å². The Balaban J connectivity index is -0.00000242. The first-order chi connectivity index (χ1) is 9.78. The molecule has 4 nitrogen and oxygen atoms in total. The van der Waals surface area contributed by atoms with Gasteiger partial charge in [0.05, 0.1) is 0 Å². The Kier molecular flexibility index (Phi) is 7.98. The predicted octanol–water partition coefficient (Wildman–Crippen LogP) is 0.492. The number of carbonyl (C=O) groups is 1. The number of ether oxygens (including phenoxy) is 2. The van der Waals surface area contributed by atoms with Crippen LogP contribution < -0.4 is 29.6 Å². The summed E-state index contributed by atoms with van der Waals surface area (Å²) < 4.78 is 150. The summed E-state index contributed by atoms with van der Waals surface area (Å²) in [6.45, 7) is 0. The molecule has 0 aromatic heterocycles. The van der Waals surface area contributed by atoms with Gasteiger partial charge in [-0.1, -0.05) is 0 Å². The summed E-state index contributed by atoms with van der Waals surface area (Å²) in [5, 5.41) is 7.70. The molecule has 1 atom stereocenters. The second-order valence-electron chi connectivity index (χ2n) is 3.52. The van der Waals surface area contributed by atoms with E-state index in [1.807, 2.05) is 4.74 Å². The van der Waals surface area contributed by atoms with Crippen molar-refractivity contribution in [1.29, 1.82) is 0 Å². The van der Waals surface area contributed by atoms with E-state index < -0.39 is 42.8 Å². The first kappa shape index (κ1) is 25.8. The van der Waals surface area contributed by atoms with Crippen LogP contribution in [0.4, 0.5) is 52.7 Å². The molecule has 0 aliphatic carbocycles. The van der Waals surface area contributed by atoms with Crippen LogP contribution in [0, 0.1) is 0 Å². The Labute approximate surface area is 146 Å². The summed E-state index contributed by atoms with van der Waals surface area (Å²) in [6.07, 6.45) is -25.8. The Hall–Kier alpha value is -0.450. The van der Waals surface area contributed by atoms with Crippen molar-refractivity contribution >= 4 is 5.97 Å². The van der Waals surface area contributed by atoms with Gasteiger partial charge in [0, 0.05) is 0 Å². The molecule has 0 aromatic rings. The van der Waals surface area contributed by atoms with Crippen LogP contribution in [0.15, 0.2) is 0 Å². The van der Waals surface area contributed by atoms with Gasteiger partial charge in [0.15, 0.2) is 0 Å². The third kappa shape index (κ3) is 5.53. The molecular weight excluding hydrogens is 399 g/mol. The van der Waals surface area contributed by atoms with Gasteiger partial charge in [-0.25, -0.2) is 13.9 Å². The zero-order chi connectivity index (χ0) is 19.1. The maximum absolute atomic E-state index is 12.7. The summed E-state index contributed by atoms with van der Waals surface area (Å²) in [5.74, 6) is -16.7. The maximum atomic E-state index is 12.7. The summed E-state index contributed by atoms with van der Waals surface area (Å²) in [5.41, 5.74) is 0. The average molecular weight is 402 g/mol. The molecule has 0 amide bonds. The third-order valence-corrected chi connectivity index (χ3v) is 1.80. The van der Waals surface area contributed by atoms with Crippen molar-refractivity contribution in [3.8, 4) is 0 Å². The molecule has 17 heteroatoms. The summed E-state index contributed by atoms with van der Waals surface area (Å²) >= 11 is 0. The molecule has 0 aromatic carbocycles. The topological polar surface area (TPSA) is 55.8 Å². The zero-order valence-electron chi connectivity index (χ0n) is 11.8. The number of alkyl halides is 12. The van der Waals surface area contributed by atoms with Crippen molar-refractivity contribution in [2.24, 2.45) is 0 Å². The second-order valence-corrected chi connectivity index (χ2v) is 3.52. The molecular formula is C7H3F12NaO4. The van der Waals surface area contributed by atoms with Gasteiger partial charge in [0.2, 0.25) is 0 Å². The summed E-state index contributed by atoms with van der Waals surface area (Å²) in [6, 6.07) is 0. The molecule has 0 saturated carbocycles. The van der Waals surface area contributed by atoms with Crippen molar-refractivity contribution < 1.29 is 103 Å². The Morgan fingerprint density at radius 2 is 1.25 bits per heavy atom. The fraction of sp³-hybridized carbons (Fsp3) is 0.857. The van der Waals surface area contributed by atoms with E-state index in [0.29, 0.717) is 0 Å². The van der Waals surface area contributed by atoms with Gasteiger partial charge in [-0.05, 0) is 0 Å². The van der Waals surface area contributed by atoms with E-state index in [1.165, 1.54) is 4.74 Å². The van der Waals surface area contributed by atoms with Crippen LogP contribution in [-0.4, -0.2) is 47.9 Å². The van der Waals surface area contributed by atoms with Crippen LogP contribution in [0.25, 0.3) is 0 Å². The van der Waals surface area contributed by atoms with Crippen LogP contribution in [0.5, 0.6) is 0 Å². The predicted molar refractivity (Wildman–Crippen MR) is 41.7 cm³/mol. The normalized spacial score (nSPS) is 15.7. The monoisotopic (exact) mass is 402 g/mol. The zero-order valence-corrected chi connectivity index (χ0v) is 12.8. The van der Waals surface area contributed by atoms with E-state index >= 15 is 0 Å². The summed E-state index contributed by atoms with van der Waals surface area (Å²) in [4.78, 5) is 9.76. The van der Waals surface area contributed by atoms with E-state index in [9.17, 15) is 57.5 Å². The fourth-order valence-corrected chi connectivity index (χ4v) is 0.754. The molecule has 0 rings (SSSR count). The molecule has 0 radical (unpaired) electrons. The number of halogens is 12. The number of rotatable bonds is 7. The van der Waals surface area contributed by atoms with Gasteiger partial charge < -0.3 is 6.53 Å². The molecule has 0 bridgehead atoms. The van der Waals surface area contributed by atoms with Crippen LogP contribution in [0.1, 0.15) is 1.43 Å². The molecule has 0 fully saturated rings. The quantitative estimate of drug-likeness (QED) is 0.498. The van der Waals surface area contributed by atoms with Crippen LogP contribution in [0.2, 0.25) is 0 Å². The van der Waals surface area contributed by atoms with Gasteiger partial charge in [-0.3, -0.25) is 4.74 Å². The van der Waals surface area contributed by atoms with Crippen molar-refractivity contribution in [2.45, 2.75) is 36.8 Å². The second kappa shape index (κ2) is 7.43. The SMILES string of the molecule is O=C(O)C(F)(F)C(F)OC(F)(F)C(F)(F)C(F)(F)OC(F)(F)F.[H-].[Na+]. The number of aliphatic carboxylic acids is 1. The van der Waals surface area contributed by atoms with Gasteiger partial charge in [-0.2, -0.15) is 35.1 Å². The van der Waals surface area contributed by atoms with Gasteiger partial charge >= 0.3 is 66.0 Å². The molecule has 1 N–H and O–H groups in total. The minimum atomic E-state index is -7.31. The van der Waals surface area contributed by atoms with Crippen LogP contribution in [0.3, 0.4) is 0 Å². The van der Waals surface area contributed by atoms with Crippen LogP contribution >= 0.6 is 0 Å². The van der Waals surface area contributed by atoms with Crippen molar-refractivity contribution in [1.82, 2.24) is 0 Å². The largest absolute Gasteiger partial charge is 1.00 e. The van der Waals surface area contributed by atoms with Gasteiger partial charge in [0.1, 0.15) is 0 Å².